The van der Waals surface area contributed by atoms with Gasteiger partial charge >= 0.3 is 0 Å². The summed E-state index contributed by atoms with van der Waals surface area (Å²) in [6.07, 6.45) is 8.16. The van der Waals surface area contributed by atoms with Crippen molar-refractivity contribution in [3.05, 3.63) is 34.4 Å². The fraction of sp³-hybridized carbons (Fsp3) is 0.571. The van der Waals surface area contributed by atoms with Crippen LogP contribution in [-0.2, 0) is 19.3 Å². The SMILES string of the molecule is CCC1CCc2ccc3c(c21)CCC3. The van der Waals surface area contributed by atoms with E-state index in [2.05, 4.69) is 19.1 Å². The molecule has 1 aromatic carbocycles. The molecule has 14 heavy (non-hydrogen) atoms. The van der Waals surface area contributed by atoms with Crippen LogP contribution >= 0.6 is 0 Å². The molecule has 0 fully saturated rings. The maximum atomic E-state index is 2.40. The number of benzene rings is 1. The second-order valence-corrected chi connectivity index (χ2v) is 4.77. The van der Waals surface area contributed by atoms with Gasteiger partial charge in [0.2, 0.25) is 0 Å². The summed E-state index contributed by atoms with van der Waals surface area (Å²) in [6.45, 7) is 2.34. The Labute approximate surface area is 86.3 Å². The molecule has 0 heteroatoms. The van der Waals surface area contributed by atoms with Crippen molar-refractivity contribution >= 4 is 0 Å². The number of aryl methyl sites for hydroxylation is 2. The van der Waals surface area contributed by atoms with Gasteiger partial charge in [0, 0.05) is 0 Å². The maximum Gasteiger partial charge on any atom is -0.0156 e. The van der Waals surface area contributed by atoms with E-state index in [0.717, 1.165) is 5.92 Å². The molecule has 0 spiro atoms. The van der Waals surface area contributed by atoms with E-state index in [1.54, 1.807) is 22.3 Å². The summed E-state index contributed by atoms with van der Waals surface area (Å²) in [5, 5.41) is 0. The standard InChI is InChI=1S/C14H18/c1-2-10-6-8-12-9-7-11-4-3-5-13(11)14(10)12/h7,9-10H,2-6,8H2,1H3. The van der Waals surface area contributed by atoms with Crippen molar-refractivity contribution in [2.75, 3.05) is 0 Å². The van der Waals surface area contributed by atoms with E-state index in [-0.39, 0.29) is 0 Å². The third-order valence-electron chi connectivity index (χ3n) is 4.08. The summed E-state index contributed by atoms with van der Waals surface area (Å²) < 4.78 is 0. The number of hydrogen-bond acceptors (Lipinski definition) is 0. The number of rotatable bonds is 1. The summed E-state index contributed by atoms with van der Waals surface area (Å²) in [7, 11) is 0. The minimum Gasteiger partial charge on any atom is -0.0648 e. The highest BCUT2D eigenvalue weighted by Crippen LogP contribution is 2.41. The molecule has 0 heterocycles. The first-order valence-corrected chi connectivity index (χ1v) is 6.03. The summed E-state index contributed by atoms with van der Waals surface area (Å²) in [5.41, 5.74) is 6.83. The topological polar surface area (TPSA) is 0 Å². The van der Waals surface area contributed by atoms with E-state index in [9.17, 15) is 0 Å². The second-order valence-electron chi connectivity index (χ2n) is 4.77. The molecule has 2 aliphatic rings. The largest absolute Gasteiger partial charge is 0.0648 e. The molecule has 0 amide bonds. The van der Waals surface area contributed by atoms with Gasteiger partial charge in [-0.15, -0.1) is 0 Å². The lowest BCUT2D eigenvalue weighted by atomic mass is 9.92. The Hall–Kier alpha value is -0.780. The van der Waals surface area contributed by atoms with E-state index in [1.807, 2.05) is 0 Å². The molecule has 2 aliphatic carbocycles. The van der Waals surface area contributed by atoms with Crippen LogP contribution in [0.3, 0.4) is 0 Å². The summed E-state index contributed by atoms with van der Waals surface area (Å²) in [6, 6.07) is 4.79. The van der Waals surface area contributed by atoms with Crippen molar-refractivity contribution in [1.82, 2.24) is 0 Å². The monoisotopic (exact) mass is 186 g/mol. The highest BCUT2D eigenvalue weighted by Gasteiger charge is 2.26. The van der Waals surface area contributed by atoms with E-state index in [1.165, 1.54) is 38.5 Å². The Morgan fingerprint density at radius 1 is 1.14 bits per heavy atom. The van der Waals surface area contributed by atoms with Gasteiger partial charge in [-0.25, -0.2) is 0 Å². The third-order valence-corrected chi connectivity index (χ3v) is 4.08. The molecule has 1 aromatic rings. The molecule has 0 radical (unpaired) electrons. The van der Waals surface area contributed by atoms with Crippen molar-refractivity contribution < 1.29 is 0 Å². The van der Waals surface area contributed by atoms with Crippen LogP contribution in [0.2, 0.25) is 0 Å². The average molecular weight is 186 g/mol. The zero-order chi connectivity index (χ0) is 9.54. The van der Waals surface area contributed by atoms with Crippen LogP contribution in [-0.4, -0.2) is 0 Å². The predicted octanol–water partition coefficient (Wildman–Crippen LogP) is 3.62. The van der Waals surface area contributed by atoms with E-state index < -0.39 is 0 Å². The Kier molecular flexibility index (Phi) is 1.90. The van der Waals surface area contributed by atoms with Crippen molar-refractivity contribution in [3.8, 4) is 0 Å². The fourth-order valence-electron chi connectivity index (χ4n) is 3.35. The van der Waals surface area contributed by atoms with Crippen LogP contribution < -0.4 is 0 Å². The lowest BCUT2D eigenvalue weighted by Gasteiger charge is -2.13. The van der Waals surface area contributed by atoms with Gasteiger partial charge in [-0.2, -0.15) is 0 Å². The Morgan fingerprint density at radius 2 is 2.00 bits per heavy atom. The number of hydrogen-bond donors (Lipinski definition) is 0. The molecule has 3 rings (SSSR count). The lowest BCUT2D eigenvalue weighted by molar-refractivity contribution is 0.651. The molecular weight excluding hydrogens is 168 g/mol. The van der Waals surface area contributed by atoms with Crippen LogP contribution in [0.4, 0.5) is 0 Å². The number of fused-ring (bicyclic) bond motifs is 3. The first-order chi connectivity index (χ1) is 6.90. The zero-order valence-electron chi connectivity index (χ0n) is 8.97. The third kappa shape index (κ3) is 1.06. The smallest absolute Gasteiger partial charge is 0.0156 e. The van der Waals surface area contributed by atoms with Gasteiger partial charge < -0.3 is 0 Å². The Morgan fingerprint density at radius 3 is 2.86 bits per heavy atom. The van der Waals surface area contributed by atoms with E-state index in [4.69, 9.17) is 0 Å². The van der Waals surface area contributed by atoms with Crippen LogP contribution in [0.15, 0.2) is 12.1 Å². The van der Waals surface area contributed by atoms with Crippen LogP contribution in [0.5, 0.6) is 0 Å². The van der Waals surface area contributed by atoms with Gasteiger partial charge in [0.15, 0.2) is 0 Å². The molecule has 0 aliphatic heterocycles. The molecular formula is C14H18. The molecule has 0 aromatic heterocycles. The Bertz CT molecular complexity index is 363. The van der Waals surface area contributed by atoms with E-state index >= 15 is 0 Å². The van der Waals surface area contributed by atoms with Crippen LogP contribution in [0.25, 0.3) is 0 Å². The molecule has 1 atom stereocenters. The predicted molar refractivity (Wildman–Crippen MR) is 59.8 cm³/mol. The van der Waals surface area contributed by atoms with Crippen molar-refractivity contribution in [2.45, 2.75) is 51.4 Å². The summed E-state index contributed by atoms with van der Waals surface area (Å²) in [5.74, 6) is 0.887. The highest BCUT2D eigenvalue weighted by molar-refractivity contribution is 5.48. The van der Waals surface area contributed by atoms with Crippen molar-refractivity contribution in [3.63, 3.8) is 0 Å². The van der Waals surface area contributed by atoms with Crippen LogP contribution in [0, 0.1) is 0 Å². The normalized spacial score (nSPS) is 23.6. The molecule has 0 saturated heterocycles. The lowest BCUT2D eigenvalue weighted by Crippen LogP contribution is -1.97. The van der Waals surface area contributed by atoms with Crippen molar-refractivity contribution in [1.29, 1.82) is 0 Å². The quantitative estimate of drug-likeness (QED) is 0.628. The first-order valence-electron chi connectivity index (χ1n) is 6.03. The summed E-state index contributed by atoms with van der Waals surface area (Å²) in [4.78, 5) is 0. The molecule has 0 saturated carbocycles. The van der Waals surface area contributed by atoms with Crippen molar-refractivity contribution in [2.24, 2.45) is 0 Å². The van der Waals surface area contributed by atoms with Gasteiger partial charge in [-0.3, -0.25) is 0 Å². The van der Waals surface area contributed by atoms with E-state index in [0.29, 0.717) is 0 Å². The minimum absolute atomic E-state index is 0.887. The minimum atomic E-state index is 0.887. The van der Waals surface area contributed by atoms with Gasteiger partial charge in [-0.1, -0.05) is 19.1 Å². The van der Waals surface area contributed by atoms with Gasteiger partial charge in [0.25, 0.3) is 0 Å². The average Bonchev–Trinajstić information content (AvgIpc) is 2.82. The fourth-order valence-corrected chi connectivity index (χ4v) is 3.35. The highest BCUT2D eigenvalue weighted by atomic mass is 14.3. The molecule has 0 nitrogen and oxygen atoms in total. The van der Waals surface area contributed by atoms with Gasteiger partial charge in [-0.05, 0) is 66.7 Å². The van der Waals surface area contributed by atoms with Gasteiger partial charge in [0.1, 0.15) is 0 Å². The molecule has 0 N–H and O–H groups in total. The molecule has 74 valence electrons. The van der Waals surface area contributed by atoms with Gasteiger partial charge in [0.05, 0.1) is 0 Å². The van der Waals surface area contributed by atoms with Crippen LogP contribution in [0.1, 0.15) is 54.4 Å². The Balaban J connectivity index is 2.16. The first kappa shape index (κ1) is 8.52. The molecule has 1 unspecified atom stereocenters. The zero-order valence-corrected chi connectivity index (χ0v) is 8.97. The molecule has 0 bridgehead atoms. The second kappa shape index (κ2) is 3.12. The summed E-state index contributed by atoms with van der Waals surface area (Å²) >= 11 is 0. The maximum absolute atomic E-state index is 2.40.